The van der Waals surface area contributed by atoms with Crippen LogP contribution in [0.1, 0.15) is 31.9 Å². The lowest BCUT2D eigenvalue weighted by molar-refractivity contribution is 0.0818. The number of nitrogens with zero attached hydrogens (tertiary/aromatic N) is 4. The van der Waals surface area contributed by atoms with Gasteiger partial charge < -0.3 is 19.5 Å². The molecule has 1 aromatic heterocycles. The number of hydrogen-bond donors (Lipinski definition) is 1. The highest BCUT2D eigenvalue weighted by Gasteiger charge is 2.28. The summed E-state index contributed by atoms with van der Waals surface area (Å²) in [5, 5.41) is 3.38. The summed E-state index contributed by atoms with van der Waals surface area (Å²) >= 11 is 0. The summed E-state index contributed by atoms with van der Waals surface area (Å²) in [5.41, 5.74) is 0.920. The third kappa shape index (κ3) is 6.82. The van der Waals surface area contributed by atoms with Gasteiger partial charge in [0, 0.05) is 32.0 Å². The van der Waals surface area contributed by atoms with E-state index in [-0.39, 0.29) is 24.0 Å². The molecule has 1 aliphatic heterocycles. The van der Waals surface area contributed by atoms with Crippen LogP contribution in [0, 0.1) is 5.92 Å². The standard InChI is InChI=1S/C21H29F2N5O.HI/c1-3-25-21(26-12-17-5-4-6-18(11-17)29-14-20(22)23)27-9-7-16(2)19(13-27)28-10-8-24-15-28;/h4-6,8,10-11,15-16,19-20H,3,7,9,12-14H2,1-2H3,(H,25,26);1H. The molecule has 0 amide bonds. The second-order valence-electron chi connectivity index (χ2n) is 7.31. The molecule has 6 nitrogen and oxygen atoms in total. The maximum absolute atomic E-state index is 12.4. The number of piperidine rings is 1. The maximum Gasteiger partial charge on any atom is 0.272 e. The van der Waals surface area contributed by atoms with Crippen LogP contribution in [0.3, 0.4) is 0 Å². The van der Waals surface area contributed by atoms with Crippen molar-refractivity contribution in [1.82, 2.24) is 19.8 Å². The Balaban J connectivity index is 0.00000320. The van der Waals surface area contributed by atoms with Crippen molar-refractivity contribution in [3.8, 4) is 5.75 Å². The summed E-state index contributed by atoms with van der Waals surface area (Å²) < 4.78 is 32.0. The van der Waals surface area contributed by atoms with Crippen molar-refractivity contribution in [3.63, 3.8) is 0 Å². The van der Waals surface area contributed by atoms with Crippen molar-refractivity contribution >= 4 is 29.9 Å². The number of aliphatic imine (C=N–C) groups is 1. The van der Waals surface area contributed by atoms with Gasteiger partial charge in [-0.1, -0.05) is 19.1 Å². The predicted molar refractivity (Wildman–Crippen MR) is 125 cm³/mol. The molecule has 166 valence electrons. The maximum atomic E-state index is 12.4. The fourth-order valence-electron chi connectivity index (χ4n) is 3.58. The molecule has 9 heteroatoms. The zero-order chi connectivity index (χ0) is 20.6. The van der Waals surface area contributed by atoms with Crippen molar-refractivity contribution in [1.29, 1.82) is 0 Å². The van der Waals surface area contributed by atoms with Crippen LogP contribution >= 0.6 is 24.0 Å². The lowest BCUT2D eigenvalue weighted by atomic mass is 9.93. The number of ether oxygens (including phenoxy) is 1. The summed E-state index contributed by atoms with van der Waals surface area (Å²) in [6.07, 6.45) is 4.29. The molecule has 0 spiro atoms. The van der Waals surface area contributed by atoms with Gasteiger partial charge in [0.25, 0.3) is 6.43 Å². The Labute approximate surface area is 193 Å². The number of benzene rings is 1. The number of likely N-dealkylation sites (tertiary alicyclic amines) is 1. The van der Waals surface area contributed by atoms with Crippen molar-refractivity contribution in [2.75, 3.05) is 26.2 Å². The van der Waals surface area contributed by atoms with Gasteiger partial charge in [-0.2, -0.15) is 0 Å². The van der Waals surface area contributed by atoms with Gasteiger partial charge in [-0.25, -0.2) is 18.8 Å². The Morgan fingerprint density at radius 1 is 1.40 bits per heavy atom. The molecule has 1 aliphatic rings. The first kappa shape index (κ1) is 24.4. The van der Waals surface area contributed by atoms with Gasteiger partial charge in [-0.15, -0.1) is 24.0 Å². The quantitative estimate of drug-likeness (QED) is 0.330. The molecule has 30 heavy (non-hydrogen) atoms. The van der Waals surface area contributed by atoms with Crippen LogP contribution in [0.25, 0.3) is 0 Å². The van der Waals surface area contributed by atoms with Crippen molar-refractivity contribution < 1.29 is 13.5 Å². The zero-order valence-electron chi connectivity index (χ0n) is 17.4. The Bertz CT molecular complexity index is 787. The largest absolute Gasteiger partial charge is 0.488 e. The molecular weight excluding hydrogens is 503 g/mol. The third-order valence-corrected chi connectivity index (χ3v) is 5.15. The fraction of sp³-hybridized carbons (Fsp3) is 0.524. The Morgan fingerprint density at radius 3 is 2.93 bits per heavy atom. The SMILES string of the molecule is CCNC(=NCc1cccc(OCC(F)F)c1)N1CCC(C)C(n2ccnc2)C1.I. The van der Waals surface area contributed by atoms with Gasteiger partial charge >= 0.3 is 0 Å². The smallest absolute Gasteiger partial charge is 0.272 e. The van der Waals surface area contributed by atoms with E-state index in [1.165, 1.54) is 0 Å². The zero-order valence-corrected chi connectivity index (χ0v) is 19.7. The Kier molecular flexibility index (Phi) is 9.80. The molecule has 1 aromatic carbocycles. The van der Waals surface area contributed by atoms with E-state index in [4.69, 9.17) is 9.73 Å². The van der Waals surface area contributed by atoms with Crippen molar-refractivity contribution in [3.05, 3.63) is 48.5 Å². The number of hydrogen-bond acceptors (Lipinski definition) is 3. The first-order valence-electron chi connectivity index (χ1n) is 10.1. The molecule has 2 heterocycles. The number of imidazole rings is 1. The average molecular weight is 533 g/mol. The molecule has 2 aromatic rings. The summed E-state index contributed by atoms with van der Waals surface area (Å²) in [7, 11) is 0. The first-order chi connectivity index (χ1) is 14.1. The second kappa shape index (κ2) is 12.1. The number of guanidine groups is 1. The normalized spacial score (nSPS) is 19.5. The minimum Gasteiger partial charge on any atom is -0.488 e. The fourth-order valence-corrected chi connectivity index (χ4v) is 3.58. The summed E-state index contributed by atoms with van der Waals surface area (Å²) in [5.74, 6) is 1.87. The van der Waals surface area contributed by atoms with E-state index in [2.05, 4.69) is 26.7 Å². The monoisotopic (exact) mass is 533 g/mol. The Morgan fingerprint density at radius 2 is 2.23 bits per heavy atom. The van der Waals surface area contributed by atoms with E-state index in [1.807, 2.05) is 31.7 Å². The molecule has 0 radical (unpaired) electrons. The van der Waals surface area contributed by atoms with E-state index in [0.717, 1.165) is 37.6 Å². The van der Waals surface area contributed by atoms with E-state index in [9.17, 15) is 8.78 Å². The van der Waals surface area contributed by atoms with Crippen LogP contribution in [-0.4, -0.2) is 53.1 Å². The van der Waals surface area contributed by atoms with Crippen molar-refractivity contribution in [2.45, 2.75) is 39.3 Å². The number of aromatic nitrogens is 2. The number of nitrogens with one attached hydrogen (secondary N) is 1. The molecule has 0 aliphatic carbocycles. The van der Waals surface area contributed by atoms with Gasteiger partial charge in [-0.3, -0.25) is 0 Å². The summed E-state index contributed by atoms with van der Waals surface area (Å²) in [6.45, 7) is 6.76. The van der Waals surface area contributed by atoms with Crippen LogP contribution < -0.4 is 10.1 Å². The molecule has 0 bridgehead atoms. The molecule has 1 N–H and O–H groups in total. The lowest BCUT2D eigenvalue weighted by Crippen LogP contribution is -2.49. The highest BCUT2D eigenvalue weighted by molar-refractivity contribution is 14.0. The van der Waals surface area contributed by atoms with Crippen LogP contribution in [0.2, 0.25) is 0 Å². The molecule has 1 saturated heterocycles. The lowest BCUT2D eigenvalue weighted by Gasteiger charge is -2.39. The van der Waals surface area contributed by atoms with E-state index in [1.54, 1.807) is 18.2 Å². The average Bonchev–Trinajstić information content (AvgIpc) is 3.25. The number of rotatable bonds is 7. The van der Waals surface area contributed by atoms with Gasteiger partial charge in [0.1, 0.15) is 12.4 Å². The first-order valence-corrected chi connectivity index (χ1v) is 10.1. The minimum absolute atomic E-state index is 0. The summed E-state index contributed by atoms with van der Waals surface area (Å²) in [4.78, 5) is 11.3. The minimum atomic E-state index is -2.48. The van der Waals surface area contributed by atoms with Gasteiger partial charge in [0.05, 0.1) is 18.9 Å². The molecule has 3 rings (SSSR count). The van der Waals surface area contributed by atoms with Gasteiger partial charge in [0.15, 0.2) is 5.96 Å². The highest BCUT2D eigenvalue weighted by Crippen LogP contribution is 2.27. The molecule has 2 atom stereocenters. The number of alkyl halides is 2. The predicted octanol–water partition coefficient (Wildman–Crippen LogP) is 4.19. The van der Waals surface area contributed by atoms with Gasteiger partial charge in [-0.05, 0) is 37.0 Å². The Hall–Kier alpha value is -1.91. The molecule has 1 fully saturated rings. The topological polar surface area (TPSA) is 54.7 Å². The van der Waals surface area contributed by atoms with Crippen LogP contribution in [0.5, 0.6) is 5.75 Å². The van der Waals surface area contributed by atoms with Gasteiger partial charge in [0.2, 0.25) is 0 Å². The van der Waals surface area contributed by atoms with Crippen LogP contribution in [-0.2, 0) is 6.54 Å². The number of halogens is 3. The van der Waals surface area contributed by atoms with Crippen LogP contribution in [0.4, 0.5) is 8.78 Å². The van der Waals surface area contributed by atoms with Crippen LogP contribution in [0.15, 0.2) is 48.0 Å². The van der Waals surface area contributed by atoms with E-state index < -0.39 is 13.0 Å². The summed E-state index contributed by atoms with van der Waals surface area (Å²) in [6, 6.07) is 7.52. The third-order valence-electron chi connectivity index (χ3n) is 5.15. The second-order valence-corrected chi connectivity index (χ2v) is 7.31. The molecule has 0 saturated carbocycles. The highest BCUT2D eigenvalue weighted by atomic mass is 127. The molecular formula is C21H30F2IN5O. The molecule has 2 unspecified atom stereocenters. The van der Waals surface area contributed by atoms with Crippen molar-refractivity contribution in [2.24, 2.45) is 10.9 Å². The van der Waals surface area contributed by atoms with E-state index in [0.29, 0.717) is 24.3 Å². The van der Waals surface area contributed by atoms with E-state index >= 15 is 0 Å².